The maximum Gasteiger partial charge on any atom is 0.320 e. The Morgan fingerprint density at radius 3 is 2.56 bits per heavy atom. The molecule has 0 spiro atoms. The largest absolute Gasteiger partial charge is 0.468 e. The van der Waals surface area contributed by atoms with Crippen molar-refractivity contribution >= 4 is 35.4 Å². The summed E-state index contributed by atoms with van der Waals surface area (Å²) in [6.45, 7) is 21.3. The zero-order chi connectivity index (χ0) is 39.5. The summed E-state index contributed by atoms with van der Waals surface area (Å²) in [4.78, 5) is 54.9. The number of fused-ring (bicyclic) bond motifs is 6. The number of rotatable bonds is 12. The first kappa shape index (κ1) is 38.4. The van der Waals surface area contributed by atoms with E-state index in [1.54, 1.807) is 0 Å². The third kappa shape index (κ3) is 6.46. The highest BCUT2D eigenvalue weighted by Crippen LogP contribution is 2.57. The Morgan fingerprint density at radius 1 is 1.11 bits per heavy atom. The Hall–Kier alpha value is -4.83. The van der Waals surface area contributed by atoms with Gasteiger partial charge < -0.3 is 24.8 Å². The number of ketones is 1. The van der Waals surface area contributed by atoms with E-state index in [0.717, 1.165) is 69.7 Å². The maximum atomic E-state index is 14.4. The molecule has 292 valence electrons. The van der Waals surface area contributed by atoms with Gasteiger partial charge in [-0.15, -0.1) is 0 Å². The van der Waals surface area contributed by atoms with Crippen molar-refractivity contribution in [3.05, 3.63) is 97.3 Å². The Bertz CT molecular complexity index is 2230. The predicted molar refractivity (Wildman–Crippen MR) is 213 cm³/mol. The monoisotopic (exact) mass is 748 g/mol. The van der Waals surface area contributed by atoms with Crippen molar-refractivity contribution < 1.29 is 28.7 Å². The van der Waals surface area contributed by atoms with Gasteiger partial charge in [0.25, 0.3) is 0 Å². The summed E-state index contributed by atoms with van der Waals surface area (Å²) in [7, 11) is 1.32. The van der Waals surface area contributed by atoms with Gasteiger partial charge in [0.05, 0.1) is 24.2 Å². The molecule has 5 aliphatic rings. The molecule has 55 heavy (non-hydrogen) atoms. The van der Waals surface area contributed by atoms with Crippen LogP contribution in [0.4, 0.5) is 0 Å². The molecule has 10 heteroatoms. The van der Waals surface area contributed by atoms with Crippen LogP contribution in [0, 0.1) is 37.5 Å². The third-order valence-electron chi connectivity index (χ3n) is 12.6. The van der Waals surface area contributed by atoms with Crippen molar-refractivity contribution in [1.82, 2.24) is 20.3 Å². The average molecular weight is 749 g/mol. The number of ether oxygens (including phenoxy) is 2. The molecule has 0 radical (unpaired) electrons. The fourth-order valence-corrected chi connectivity index (χ4v) is 9.30. The number of carbonyl (C=O) groups is 3. The molecule has 0 amide bonds. The number of hydrogen-bond donors (Lipinski definition) is 3. The molecule has 2 saturated heterocycles. The van der Waals surface area contributed by atoms with Crippen molar-refractivity contribution in [2.45, 2.75) is 106 Å². The van der Waals surface area contributed by atoms with Crippen LogP contribution in [0.3, 0.4) is 0 Å². The van der Waals surface area contributed by atoms with Crippen LogP contribution in [0.25, 0.3) is 17.7 Å². The van der Waals surface area contributed by atoms with Crippen LogP contribution in [0.1, 0.15) is 112 Å². The third-order valence-corrected chi connectivity index (χ3v) is 12.6. The molecule has 8 bridgehead atoms. The standard InChI is InChI=1S/C45H56N4O6/c1-11-29-25(6)33-21-36-30(12-2)28(9)45(49(36)55-45)22-35-26(7)31(16-17-37(50)54-19-18-24(5)15-13-14-23(3)4)41(48-35)39-40(44(52)53-10)43(51)38-27(8)32(47-42(38)39)20-34(29)46-33/h12,18,20-23,26,31,40-41,46-48H,2,11,13-17,19H2,1,3-10H3/b24-18-,32-20-,35-22-,36-21-/t26-,31-,40+,41?,45+,49?/m0/s1. The molecule has 6 heterocycles. The molecule has 1 aliphatic carbocycles. The minimum Gasteiger partial charge on any atom is -0.468 e. The van der Waals surface area contributed by atoms with Gasteiger partial charge in [0.15, 0.2) is 5.78 Å². The molecule has 7 rings (SSSR count). The number of H-pyrrole nitrogens is 2. The summed E-state index contributed by atoms with van der Waals surface area (Å²) >= 11 is 0. The fourth-order valence-electron chi connectivity index (χ4n) is 9.30. The molecule has 2 fully saturated rings. The van der Waals surface area contributed by atoms with Crippen LogP contribution in [-0.4, -0.2) is 58.2 Å². The van der Waals surface area contributed by atoms with Gasteiger partial charge in [-0.2, -0.15) is 0 Å². The van der Waals surface area contributed by atoms with E-state index in [1.165, 1.54) is 24.7 Å². The lowest BCUT2D eigenvalue weighted by Crippen LogP contribution is -2.38. The molecule has 3 N–H and O–H groups in total. The molecule has 2 aromatic heterocycles. The summed E-state index contributed by atoms with van der Waals surface area (Å²) in [5, 5.41) is 7.15. The topological polar surface area (TPSA) is 129 Å². The zero-order valence-electron chi connectivity index (χ0n) is 33.8. The quantitative estimate of drug-likeness (QED) is 0.0972. The minimum atomic E-state index is -1.12. The second kappa shape index (κ2) is 14.7. The van der Waals surface area contributed by atoms with Gasteiger partial charge in [-0.25, -0.2) is 9.90 Å². The number of aromatic nitrogens is 2. The molecule has 10 nitrogen and oxygen atoms in total. The van der Waals surface area contributed by atoms with E-state index in [-0.39, 0.29) is 36.6 Å². The summed E-state index contributed by atoms with van der Waals surface area (Å²) in [6, 6.07) is -0.459. The van der Waals surface area contributed by atoms with Gasteiger partial charge in [0.1, 0.15) is 12.5 Å². The molecule has 5 atom stereocenters. The SMILES string of the molecule is C=CC1=C(C)[C@]23/C=C4\NC(C5=c6[nH]/c(c(C)c6C(=O)[C@@H]5C(=O)OC)=C\c5[nH]c(c(C)c5CC)/C=C/1N2O3)[C@@H](CCC(=O)OC/C=C(/C)CCCC(C)C)[C@@H]4C. The van der Waals surface area contributed by atoms with E-state index >= 15 is 0 Å². The highest BCUT2D eigenvalue weighted by atomic mass is 16.9. The molecular weight excluding hydrogens is 693 g/mol. The molecule has 1 unspecified atom stereocenters. The van der Waals surface area contributed by atoms with Crippen LogP contribution in [-0.2, 0) is 30.3 Å². The van der Waals surface area contributed by atoms with Gasteiger partial charge in [0.2, 0.25) is 5.72 Å². The van der Waals surface area contributed by atoms with Gasteiger partial charge in [-0.3, -0.25) is 14.4 Å². The first-order chi connectivity index (χ1) is 26.3. The number of carbonyl (C=O) groups excluding carboxylic acids is 3. The van der Waals surface area contributed by atoms with Crippen molar-refractivity contribution in [1.29, 1.82) is 0 Å². The predicted octanol–water partition coefficient (Wildman–Crippen LogP) is 6.51. The highest BCUT2D eigenvalue weighted by molar-refractivity contribution is 6.19. The van der Waals surface area contributed by atoms with Crippen LogP contribution < -0.4 is 16.0 Å². The molecule has 0 aromatic carbocycles. The van der Waals surface area contributed by atoms with E-state index in [0.29, 0.717) is 28.8 Å². The van der Waals surface area contributed by atoms with Crippen molar-refractivity contribution in [2.75, 3.05) is 13.7 Å². The van der Waals surface area contributed by atoms with E-state index < -0.39 is 23.7 Å². The molecule has 2 aromatic rings. The van der Waals surface area contributed by atoms with E-state index in [4.69, 9.17) is 14.3 Å². The maximum absolute atomic E-state index is 14.4. The number of hydroxylamine groups is 2. The summed E-state index contributed by atoms with van der Waals surface area (Å²) in [6.07, 6.45) is 15.0. The Morgan fingerprint density at radius 2 is 1.87 bits per heavy atom. The number of aromatic amines is 2. The van der Waals surface area contributed by atoms with E-state index in [9.17, 15) is 14.4 Å². The zero-order valence-corrected chi connectivity index (χ0v) is 33.8. The van der Waals surface area contributed by atoms with Gasteiger partial charge in [-0.1, -0.05) is 52.3 Å². The van der Waals surface area contributed by atoms with Crippen molar-refractivity contribution in [3.63, 3.8) is 0 Å². The fraction of sp³-hybridized carbons (Fsp3) is 0.489. The number of esters is 2. The average Bonchev–Trinajstić information content (AvgIpc) is 3.27. The molecular formula is C45H56N4O6. The molecule has 0 saturated carbocycles. The van der Waals surface area contributed by atoms with Crippen LogP contribution >= 0.6 is 0 Å². The minimum absolute atomic E-state index is 0.0862. The van der Waals surface area contributed by atoms with Gasteiger partial charge in [0, 0.05) is 45.9 Å². The number of Topliss-reactive ketones (excluding diaryl/α,β-unsaturated/α-hetero) is 1. The van der Waals surface area contributed by atoms with Gasteiger partial charge in [-0.05, 0) is 117 Å². The highest BCUT2D eigenvalue weighted by Gasteiger charge is 2.63. The second-order valence-electron chi connectivity index (χ2n) is 16.3. The first-order valence-corrected chi connectivity index (χ1v) is 19.9. The number of methoxy groups -OCH3 is 1. The molecule has 4 aliphatic heterocycles. The van der Waals surface area contributed by atoms with Crippen molar-refractivity contribution in [3.8, 4) is 0 Å². The van der Waals surface area contributed by atoms with Gasteiger partial charge >= 0.3 is 11.9 Å². The summed E-state index contributed by atoms with van der Waals surface area (Å²) < 4.78 is 11.0. The van der Waals surface area contributed by atoms with Crippen LogP contribution in [0.2, 0.25) is 0 Å². The Labute approximate surface area is 324 Å². The lowest BCUT2D eigenvalue weighted by atomic mass is 9.80. The lowest BCUT2D eigenvalue weighted by Gasteiger charge is -2.25. The normalized spacial score (nSPS) is 27.6. The first-order valence-electron chi connectivity index (χ1n) is 19.9. The smallest absolute Gasteiger partial charge is 0.320 e. The number of nitrogens with zero attached hydrogens (tertiary/aromatic N) is 1. The second-order valence-corrected chi connectivity index (χ2v) is 16.3. The van der Waals surface area contributed by atoms with Crippen LogP contribution in [0.5, 0.6) is 0 Å². The number of allylic oxidation sites excluding steroid dienone is 3. The number of nitrogens with one attached hydrogen (secondary N) is 3. The lowest BCUT2D eigenvalue weighted by molar-refractivity contribution is -0.143. The van der Waals surface area contributed by atoms with Crippen molar-refractivity contribution in [2.24, 2.45) is 23.7 Å². The Kier molecular flexibility index (Phi) is 10.3. The summed E-state index contributed by atoms with van der Waals surface area (Å²) in [5.74, 6) is -1.86. The van der Waals surface area contributed by atoms with Crippen LogP contribution in [0.15, 0.2) is 52.9 Å². The Balaban J connectivity index is 1.33. The van der Waals surface area contributed by atoms with E-state index in [2.05, 4.69) is 88.6 Å². The summed E-state index contributed by atoms with van der Waals surface area (Å²) in [5.41, 5.74) is 10.4. The van der Waals surface area contributed by atoms with E-state index in [1.807, 2.05) is 24.1 Å². The number of hydrogen-bond acceptors (Lipinski definition) is 8.